The average Bonchev–Trinajstić information content (AvgIpc) is 2.67. The van der Waals surface area contributed by atoms with Crippen LogP contribution in [0.25, 0.3) is 0 Å². The maximum atomic E-state index is 10.8. The number of hydrogen-bond donors (Lipinski definition) is 6. The molecule has 5 unspecified atom stereocenters. The predicted molar refractivity (Wildman–Crippen MR) is 63.6 cm³/mol. The first kappa shape index (κ1) is 14.2. The second-order valence-corrected chi connectivity index (χ2v) is 4.29. The van der Waals surface area contributed by atoms with Crippen LogP contribution in [-0.4, -0.2) is 51.7 Å². The number of anilines is 1. The number of ether oxygens (including phenoxy) is 1. The summed E-state index contributed by atoms with van der Waals surface area (Å²) in [4.78, 5) is 0. The molecule has 1 heterocycles. The van der Waals surface area contributed by atoms with Crippen LogP contribution in [0.2, 0.25) is 0 Å². The van der Waals surface area contributed by atoms with Crippen LogP contribution in [0.4, 0.5) is 11.4 Å². The number of aliphatic hydroxyl groups excluding tert-OH is 3. The quantitative estimate of drug-likeness (QED) is 0.348. The summed E-state index contributed by atoms with van der Waals surface area (Å²) in [6.07, 6.45) is -4.16. The molecule has 0 bridgehead atoms. The highest BCUT2D eigenvalue weighted by atomic mass is 16.8. The Balaban J connectivity index is 2.07. The zero-order chi connectivity index (χ0) is 14.0. The second-order valence-electron chi connectivity index (χ2n) is 4.29. The highest BCUT2D eigenvalue weighted by molar-refractivity contribution is 5.51. The van der Waals surface area contributed by atoms with Crippen LogP contribution in [0, 0.1) is 5.21 Å². The lowest BCUT2D eigenvalue weighted by atomic mass is 10.1. The fourth-order valence-electron chi connectivity index (χ4n) is 1.93. The average molecular weight is 272 g/mol. The van der Waals surface area contributed by atoms with Crippen molar-refractivity contribution in [1.82, 2.24) is 0 Å². The lowest BCUT2D eigenvalue weighted by Gasteiger charge is -2.19. The molecule has 8 nitrogen and oxygen atoms in total. The fraction of sp³-hybridized carbons (Fsp3) is 0.455. The van der Waals surface area contributed by atoms with E-state index in [4.69, 9.17) is 15.1 Å². The number of rotatable bonds is 4. The molecule has 19 heavy (non-hydrogen) atoms. The van der Waals surface area contributed by atoms with Crippen LogP contribution in [-0.2, 0) is 4.74 Å². The molecule has 5 atom stereocenters. The van der Waals surface area contributed by atoms with Gasteiger partial charge in [-0.2, -0.15) is 5.23 Å². The first-order valence-electron chi connectivity index (χ1n) is 5.75. The van der Waals surface area contributed by atoms with E-state index < -0.39 is 36.4 Å². The van der Waals surface area contributed by atoms with Crippen molar-refractivity contribution in [2.75, 3.05) is 11.9 Å². The molecule has 1 aliphatic heterocycles. The highest BCUT2D eigenvalue weighted by Crippen LogP contribution is 2.23. The van der Waals surface area contributed by atoms with Crippen molar-refractivity contribution in [2.45, 2.75) is 24.5 Å². The summed E-state index contributed by atoms with van der Waals surface area (Å²) in [5, 5.41) is 49.7. The summed E-state index contributed by atoms with van der Waals surface area (Å²) in [6, 6.07) is 5.98. The van der Waals surface area contributed by atoms with Gasteiger partial charge in [-0.05, 0) is 6.07 Å². The largest absolute Gasteiger partial charge is 0.595 e. The van der Waals surface area contributed by atoms with Crippen LogP contribution < -0.4 is 10.5 Å². The Kier molecular flexibility index (Phi) is 4.32. The summed E-state index contributed by atoms with van der Waals surface area (Å²) in [5.74, 6) is 0. The smallest absolute Gasteiger partial charge is 0.165 e. The topological polar surface area (TPSA) is 130 Å². The SMILES string of the molecule is [O-][NH+](O)c1cccc(NC2OC(CO)C(O)C2O)c1. The zero-order valence-electron chi connectivity index (χ0n) is 9.93. The van der Waals surface area contributed by atoms with Gasteiger partial charge in [0.2, 0.25) is 0 Å². The third-order valence-electron chi connectivity index (χ3n) is 2.96. The van der Waals surface area contributed by atoms with Crippen LogP contribution in [0.15, 0.2) is 24.3 Å². The Morgan fingerprint density at radius 2 is 2.05 bits per heavy atom. The molecule has 2 rings (SSSR count). The third-order valence-corrected chi connectivity index (χ3v) is 2.96. The minimum Gasteiger partial charge on any atom is -0.595 e. The van der Waals surface area contributed by atoms with Gasteiger partial charge < -0.3 is 30.6 Å². The van der Waals surface area contributed by atoms with E-state index in [9.17, 15) is 15.4 Å². The Hall–Kier alpha value is -1.26. The predicted octanol–water partition coefficient (Wildman–Crippen LogP) is -2.06. The van der Waals surface area contributed by atoms with E-state index in [2.05, 4.69) is 5.32 Å². The molecule has 0 radical (unpaired) electrons. The maximum Gasteiger partial charge on any atom is 0.165 e. The van der Waals surface area contributed by atoms with Crippen molar-refractivity contribution in [2.24, 2.45) is 0 Å². The molecule has 1 saturated heterocycles. The molecule has 0 saturated carbocycles. The van der Waals surface area contributed by atoms with Gasteiger partial charge in [-0.15, -0.1) is 0 Å². The van der Waals surface area contributed by atoms with Crippen molar-refractivity contribution in [1.29, 1.82) is 0 Å². The van der Waals surface area contributed by atoms with E-state index in [1.165, 1.54) is 12.1 Å². The van der Waals surface area contributed by atoms with Crippen molar-refractivity contribution < 1.29 is 30.5 Å². The minimum absolute atomic E-state index is 0.0942. The van der Waals surface area contributed by atoms with Gasteiger partial charge in [-0.3, -0.25) is 0 Å². The third kappa shape index (κ3) is 3.01. The number of benzene rings is 1. The van der Waals surface area contributed by atoms with Gasteiger partial charge in [0.15, 0.2) is 11.9 Å². The normalized spacial score (nSPS) is 32.3. The number of quaternary nitrogens is 1. The first-order valence-corrected chi connectivity index (χ1v) is 5.75. The van der Waals surface area contributed by atoms with Crippen molar-refractivity contribution in [3.05, 3.63) is 29.5 Å². The van der Waals surface area contributed by atoms with Crippen molar-refractivity contribution in [3.63, 3.8) is 0 Å². The molecule has 1 aromatic rings. The van der Waals surface area contributed by atoms with Gasteiger partial charge in [0.05, 0.1) is 6.61 Å². The van der Waals surface area contributed by atoms with Crippen LogP contribution in [0.3, 0.4) is 0 Å². The van der Waals surface area contributed by atoms with Gasteiger partial charge in [-0.1, -0.05) is 6.07 Å². The molecule has 1 fully saturated rings. The fourth-order valence-corrected chi connectivity index (χ4v) is 1.93. The summed E-state index contributed by atoms with van der Waals surface area (Å²) >= 11 is 0. The lowest BCUT2D eigenvalue weighted by Crippen LogP contribution is -2.99. The lowest BCUT2D eigenvalue weighted by molar-refractivity contribution is -0.991. The standard InChI is InChI=1S/C11H16N2O6/c14-5-8-9(15)10(16)11(19-8)12-6-2-1-3-7(4-6)13(17)18/h1-4,8-17H,5H2. The molecule has 1 aromatic carbocycles. The zero-order valence-corrected chi connectivity index (χ0v) is 9.93. The van der Waals surface area contributed by atoms with Crippen molar-refractivity contribution >= 4 is 11.4 Å². The highest BCUT2D eigenvalue weighted by Gasteiger charge is 2.42. The Morgan fingerprint density at radius 3 is 2.63 bits per heavy atom. The molecule has 0 spiro atoms. The number of hydrogen-bond acceptors (Lipinski definition) is 7. The molecular weight excluding hydrogens is 256 g/mol. The molecule has 8 heteroatoms. The van der Waals surface area contributed by atoms with E-state index in [-0.39, 0.29) is 5.69 Å². The van der Waals surface area contributed by atoms with E-state index >= 15 is 0 Å². The van der Waals surface area contributed by atoms with Gasteiger partial charge in [-0.25, -0.2) is 5.21 Å². The van der Waals surface area contributed by atoms with Gasteiger partial charge in [0, 0.05) is 17.8 Å². The molecule has 0 aromatic heterocycles. The van der Waals surface area contributed by atoms with Crippen LogP contribution in [0.5, 0.6) is 0 Å². The monoisotopic (exact) mass is 272 g/mol. The molecule has 0 aliphatic carbocycles. The van der Waals surface area contributed by atoms with Gasteiger partial charge >= 0.3 is 0 Å². The van der Waals surface area contributed by atoms with Crippen molar-refractivity contribution in [3.8, 4) is 0 Å². The second kappa shape index (κ2) is 5.80. The maximum absolute atomic E-state index is 10.8. The summed E-state index contributed by atoms with van der Waals surface area (Å²) in [7, 11) is 0. The van der Waals surface area contributed by atoms with Crippen LogP contribution >= 0.6 is 0 Å². The Bertz CT molecular complexity index is 429. The Labute approximate surface area is 109 Å². The molecule has 1 aliphatic rings. The number of nitrogens with one attached hydrogen (secondary N) is 2. The van der Waals surface area contributed by atoms with E-state index in [1.807, 2.05) is 0 Å². The van der Waals surface area contributed by atoms with E-state index in [1.54, 1.807) is 12.1 Å². The van der Waals surface area contributed by atoms with Crippen LogP contribution in [0.1, 0.15) is 0 Å². The summed E-state index contributed by atoms with van der Waals surface area (Å²) < 4.78 is 5.23. The number of aliphatic hydroxyl groups is 3. The minimum atomic E-state index is -1.20. The van der Waals surface area contributed by atoms with Gasteiger partial charge in [0.25, 0.3) is 0 Å². The summed E-state index contributed by atoms with van der Waals surface area (Å²) in [5.41, 5.74) is 0.534. The van der Waals surface area contributed by atoms with E-state index in [0.29, 0.717) is 5.69 Å². The Morgan fingerprint density at radius 1 is 1.32 bits per heavy atom. The van der Waals surface area contributed by atoms with Gasteiger partial charge in [0.1, 0.15) is 18.3 Å². The molecule has 6 N–H and O–H groups in total. The van der Waals surface area contributed by atoms with E-state index in [0.717, 1.165) is 0 Å². The first-order chi connectivity index (χ1) is 9.02. The molecular formula is C11H16N2O6. The molecule has 0 amide bonds. The summed E-state index contributed by atoms with van der Waals surface area (Å²) in [6.45, 7) is -0.411. The molecule has 106 valence electrons.